The molecule has 1 aromatic carbocycles. The molecule has 1 aliphatic rings. The maximum absolute atomic E-state index is 13.0. The quantitative estimate of drug-likeness (QED) is 0.842. The third kappa shape index (κ3) is 1.83. The summed E-state index contributed by atoms with van der Waals surface area (Å²) in [6, 6.07) is 4.52. The third-order valence-electron chi connectivity index (χ3n) is 3.44. The summed E-state index contributed by atoms with van der Waals surface area (Å²) in [4.78, 5) is 0. The van der Waals surface area contributed by atoms with E-state index in [-0.39, 0.29) is 11.9 Å². The van der Waals surface area contributed by atoms with Gasteiger partial charge in [0.1, 0.15) is 5.82 Å². The molecular weight excluding hydrogens is 233 g/mol. The maximum atomic E-state index is 13.0. The van der Waals surface area contributed by atoms with Gasteiger partial charge in [0.15, 0.2) is 5.82 Å². The SMILES string of the molecule is CC(C1CC1)n1nnnc1-c1ccc(F)cc1N. The van der Waals surface area contributed by atoms with Crippen molar-refractivity contribution in [3.63, 3.8) is 0 Å². The van der Waals surface area contributed by atoms with Crippen molar-refractivity contribution in [3.8, 4) is 11.4 Å². The maximum Gasteiger partial charge on any atom is 0.184 e. The largest absolute Gasteiger partial charge is 0.398 e. The molecule has 6 heteroatoms. The van der Waals surface area contributed by atoms with Gasteiger partial charge in [0.25, 0.3) is 0 Å². The molecule has 0 amide bonds. The number of tetrazole rings is 1. The first-order valence-electron chi connectivity index (χ1n) is 6.00. The van der Waals surface area contributed by atoms with Gasteiger partial charge in [0.2, 0.25) is 0 Å². The van der Waals surface area contributed by atoms with Crippen LogP contribution in [-0.2, 0) is 0 Å². The predicted molar refractivity (Wildman–Crippen MR) is 65.1 cm³/mol. The van der Waals surface area contributed by atoms with E-state index in [1.54, 1.807) is 10.7 Å². The number of hydrogen-bond donors (Lipinski definition) is 1. The van der Waals surface area contributed by atoms with Crippen molar-refractivity contribution in [2.24, 2.45) is 5.92 Å². The molecule has 94 valence electrons. The van der Waals surface area contributed by atoms with E-state index < -0.39 is 0 Å². The Morgan fingerprint density at radius 2 is 2.22 bits per heavy atom. The molecule has 0 spiro atoms. The van der Waals surface area contributed by atoms with Gasteiger partial charge >= 0.3 is 0 Å². The zero-order valence-electron chi connectivity index (χ0n) is 10.0. The molecule has 0 bridgehead atoms. The van der Waals surface area contributed by atoms with Crippen molar-refractivity contribution in [2.45, 2.75) is 25.8 Å². The summed E-state index contributed by atoms with van der Waals surface area (Å²) in [6.45, 7) is 2.09. The van der Waals surface area contributed by atoms with Crippen LogP contribution in [-0.4, -0.2) is 20.2 Å². The number of aromatic nitrogens is 4. The molecule has 18 heavy (non-hydrogen) atoms. The molecule has 2 aromatic rings. The summed E-state index contributed by atoms with van der Waals surface area (Å²) >= 11 is 0. The number of nitrogen functional groups attached to an aromatic ring is 1. The number of nitrogens with zero attached hydrogens (tertiary/aromatic N) is 4. The minimum absolute atomic E-state index is 0.249. The third-order valence-corrected chi connectivity index (χ3v) is 3.44. The molecule has 0 saturated heterocycles. The van der Waals surface area contributed by atoms with Gasteiger partial charge in [-0.15, -0.1) is 5.10 Å². The highest BCUT2D eigenvalue weighted by atomic mass is 19.1. The average molecular weight is 247 g/mol. The van der Waals surface area contributed by atoms with Crippen LogP contribution in [0.2, 0.25) is 0 Å². The highest BCUT2D eigenvalue weighted by molar-refractivity contribution is 5.71. The van der Waals surface area contributed by atoms with Crippen LogP contribution in [0.25, 0.3) is 11.4 Å². The topological polar surface area (TPSA) is 69.6 Å². The van der Waals surface area contributed by atoms with Crippen molar-refractivity contribution in [1.29, 1.82) is 0 Å². The van der Waals surface area contributed by atoms with Crippen LogP contribution in [0.15, 0.2) is 18.2 Å². The van der Waals surface area contributed by atoms with Crippen molar-refractivity contribution in [2.75, 3.05) is 5.73 Å². The Hall–Kier alpha value is -1.98. The fourth-order valence-electron chi connectivity index (χ4n) is 2.16. The first-order chi connectivity index (χ1) is 8.66. The molecule has 1 aromatic heterocycles. The normalized spacial score (nSPS) is 16.8. The predicted octanol–water partition coefficient (Wildman–Crippen LogP) is 2.03. The first kappa shape index (κ1) is 11.1. The summed E-state index contributed by atoms with van der Waals surface area (Å²) in [5, 5.41) is 11.7. The van der Waals surface area contributed by atoms with Crippen LogP contribution in [0.4, 0.5) is 10.1 Å². The minimum atomic E-state index is -0.356. The Balaban J connectivity index is 2.03. The second-order valence-electron chi connectivity index (χ2n) is 4.76. The summed E-state index contributed by atoms with van der Waals surface area (Å²) in [5.74, 6) is 0.881. The monoisotopic (exact) mass is 247 g/mol. The number of nitrogens with two attached hydrogens (primary N) is 1. The minimum Gasteiger partial charge on any atom is -0.398 e. The van der Waals surface area contributed by atoms with Crippen molar-refractivity contribution < 1.29 is 4.39 Å². The lowest BCUT2D eigenvalue weighted by molar-refractivity contribution is 0.433. The Morgan fingerprint density at radius 3 is 2.89 bits per heavy atom. The van der Waals surface area contributed by atoms with Gasteiger partial charge in [-0.25, -0.2) is 9.07 Å². The van der Waals surface area contributed by atoms with E-state index in [2.05, 4.69) is 22.4 Å². The van der Waals surface area contributed by atoms with Crippen molar-refractivity contribution in [1.82, 2.24) is 20.2 Å². The molecule has 1 atom stereocenters. The summed E-state index contributed by atoms with van der Waals surface area (Å²) in [7, 11) is 0. The van der Waals surface area contributed by atoms with Gasteiger partial charge in [0.05, 0.1) is 6.04 Å². The van der Waals surface area contributed by atoms with Crippen LogP contribution >= 0.6 is 0 Å². The zero-order valence-corrected chi connectivity index (χ0v) is 10.0. The standard InChI is InChI=1S/C12H14FN5/c1-7(8-2-3-8)18-12(15-16-17-18)10-5-4-9(13)6-11(10)14/h4-8H,2-3,14H2,1H3. The van der Waals surface area contributed by atoms with Crippen LogP contribution in [0.3, 0.4) is 0 Å². The van der Waals surface area contributed by atoms with E-state index in [1.807, 2.05) is 0 Å². The summed E-state index contributed by atoms with van der Waals surface area (Å²) < 4.78 is 14.8. The number of anilines is 1. The highest BCUT2D eigenvalue weighted by Crippen LogP contribution is 2.40. The lowest BCUT2D eigenvalue weighted by Gasteiger charge is -2.13. The van der Waals surface area contributed by atoms with Crippen LogP contribution in [0.1, 0.15) is 25.8 Å². The van der Waals surface area contributed by atoms with Crippen molar-refractivity contribution in [3.05, 3.63) is 24.0 Å². The second-order valence-corrected chi connectivity index (χ2v) is 4.76. The number of rotatable bonds is 3. The number of hydrogen-bond acceptors (Lipinski definition) is 4. The molecule has 0 aliphatic heterocycles. The second kappa shape index (κ2) is 4.04. The smallest absolute Gasteiger partial charge is 0.184 e. The van der Waals surface area contributed by atoms with E-state index >= 15 is 0 Å². The molecule has 1 saturated carbocycles. The van der Waals surface area contributed by atoms with Gasteiger partial charge in [-0.05, 0) is 54.3 Å². The van der Waals surface area contributed by atoms with E-state index in [9.17, 15) is 4.39 Å². The Bertz CT molecular complexity index is 576. The van der Waals surface area contributed by atoms with Gasteiger partial charge in [0, 0.05) is 11.3 Å². The lowest BCUT2D eigenvalue weighted by Crippen LogP contribution is -2.11. The van der Waals surface area contributed by atoms with Gasteiger partial charge in [-0.2, -0.15) is 0 Å². The molecule has 3 rings (SSSR count). The number of benzene rings is 1. The summed E-state index contributed by atoms with van der Waals surface area (Å²) in [6.07, 6.45) is 2.42. The van der Waals surface area contributed by atoms with Crippen LogP contribution in [0, 0.1) is 11.7 Å². The Kier molecular flexibility index (Phi) is 2.50. The van der Waals surface area contributed by atoms with E-state index in [0.717, 1.165) is 0 Å². The zero-order chi connectivity index (χ0) is 12.7. The Morgan fingerprint density at radius 1 is 1.44 bits per heavy atom. The number of halogens is 1. The molecule has 1 heterocycles. The first-order valence-corrected chi connectivity index (χ1v) is 6.00. The fourth-order valence-corrected chi connectivity index (χ4v) is 2.16. The van der Waals surface area contributed by atoms with Crippen LogP contribution < -0.4 is 5.73 Å². The molecule has 1 fully saturated rings. The molecule has 1 aliphatic carbocycles. The van der Waals surface area contributed by atoms with Gasteiger partial charge in [-0.3, -0.25) is 0 Å². The summed E-state index contributed by atoms with van der Waals surface area (Å²) in [5.41, 5.74) is 6.85. The Labute approximate surface area is 104 Å². The molecule has 1 unspecified atom stereocenters. The lowest BCUT2D eigenvalue weighted by atomic mass is 10.1. The molecule has 0 radical (unpaired) electrons. The van der Waals surface area contributed by atoms with E-state index in [1.165, 1.54) is 25.0 Å². The molecule has 5 nitrogen and oxygen atoms in total. The van der Waals surface area contributed by atoms with Crippen molar-refractivity contribution >= 4 is 5.69 Å². The van der Waals surface area contributed by atoms with Crippen LogP contribution in [0.5, 0.6) is 0 Å². The van der Waals surface area contributed by atoms with E-state index in [4.69, 9.17) is 5.73 Å². The van der Waals surface area contributed by atoms with Gasteiger partial charge < -0.3 is 5.73 Å². The molecule has 2 N–H and O–H groups in total. The van der Waals surface area contributed by atoms with Gasteiger partial charge in [-0.1, -0.05) is 0 Å². The molecular formula is C12H14FN5. The average Bonchev–Trinajstić information content (AvgIpc) is 3.07. The fraction of sp³-hybridized carbons (Fsp3) is 0.417. The van der Waals surface area contributed by atoms with E-state index in [0.29, 0.717) is 23.0 Å². The highest BCUT2D eigenvalue weighted by Gasteiger charge is 2.31.